The maximum absolute atomic E-state index is 13.5. The van der Waals surface area contributed by atoms with E-state index in [-0.39, 0.29) is 11.9 Å². The Morgan fingerprint density at radius 3 is 3.00 bits per heavy atom. The van der Waals surface area contributed by atoms with Crippen LogP contribution < -0.4 is 5.73 Å². The third kappa shape index (κ3) is 3.21. The second kappa shape index (κ2) is 5.53. The Bertz CT molecular complexity index is 413. The predicted molar refractivity (Wildman–Crippen MR) is 68.2 cm³/mol. The number of hydrogen-bond donors (Lipinski definition) is 1. The number of nitrogens with two attached hydrogens (primary N) is 1. The largest absolute Gasteiger partial charge is 0.391 e. The van der Waals surface area contributed by atoms with Crippen LogP contribution in [-0.2, 0) is 11.3 Å². The van der Waals surface area contributed by atoms with Gasteiger partial charge in [0, 0.05) is 25.2 Å². The minimum absolute atomic E-state index is 0.175. The molecule has 1 aromatic rings. The van der Waals surface area contributed by atoms with E-state index in [9.17, 15) is 4.39 Å². The summed E-state index contributed by atoms with van der Waals surface area (Å²) in [6.45, 7) is 2.54. The van der Waals surface area contributed by atoms with Crippen LogP contribution in [0.25, 0.3) is 0 Å². The smallest absolute Gasteiger partial charge is 0.127 e. The van der Waals surface area contributed by atoms with E-state index in [1.807, 2.05) is 6.07 Å². The molecule has 5 heteroatoms. The average Bonchev–Trinajstić information content (AvgIpc) is 2.32. The van der Waals surface area contributed by atoms with Crippen molar-refractivity contribution in [1.29, 1.82) is 0 Å². The molecule has 1 saturated heterocycles. The van der Waals surface area contributed by atoms with Crippen molar-refractivity contribution < 1.29 is 9.13 Å². The van der Waals surface area contributed by atoms with Gasteiger partial charge in [0.05, 0.1) is 6.61 Å². The molecule has 1 unspecified atom stereocenters. The van der Waals surface area contributed by atoms with E-state index in [4.69, 9.17) is 22.7 Å². The van der Waals surface area contributed by atoms with Gasteiger partial charge in [0.2, 0.25) is 0 Å². The normalized spacial score (nSPS) is 21.4. The number of rotatable bonds is 3. The Balaban J connectivity index is 1.99. The van der Waals surface area contributed by atoms with Gasteiger partial charge in [-0.15, -0.1) is 0 Å². The Labute approximate surface area is 105 Å². The Morgan fingerprint density at radius 2 is 2.29 bits per heavy atom. The van der Waals surface area contributed by atoms with E-state index < -0.39 is 0 Å². The molecule has 0 amide bonds. The van der Waals surface area contributed by atoms with Gasteiger partial charge >= 0.3 is 0 Å². The van der Waals surface area contributed by atoms with E-state index in [0.717, 1.165) is 6.54 Å². The molecule has 17 heavy (non-hydrogen) atoms. The maximum Gasteiger partial charge on any atom is 0.127 e. The highest BCUT2D eigenvalue weighted by molar-refractivity contribution is 7.80. The number of benzene rings is 1. The molecule has 2 rings (SSSR count). The van der Waals surface area contributed by atoms with Crippen molar-refractivity contribution >= 4 is 17.2 Å². The van der Waals surface area contributed by atoms with Crippen LogP contribution >= 0.6 is 12.2 Å². The zero-order valence-electron chi connectivity index (χ0n) is 9.43. The molecule has 0 radical (unpaired) electrons. The van der Waals surface area contributed by atoms with Gasteiger partial charge in [-0.05, 0) is 6.07 Å². The second-order valence-electron chi connectivity index (χ2n) is 4.09. The lowest BCUT2D eigenvalue weighted by atomic mass is 10.1. The predicted octanol–water partition coefficient (Wildman–Crippen LogP) is 1.31. The Morgan fingerprint density at radius 1 is 1.53 bits per heavy atom. The van der Waals surface area contributed by atoms with Crippen LogP contribution in [0.2, 0.25) is 0 Å². The molecule has 1 atom stereocenters. The molecule has 92 valence electrons. The highest BCUT2D eigenvalue weighted by atomic mass is 32.1. The number of halogens is 1. The molecular formula is C12H15FN2OS. The summed E-state index contributed by atoms with van der Waals surface area (Å²) in [5.74, 6) is -0.175. The summed E-state index contributed by atoms with van der Waals surface area (Å²) < 4.78 is 18.9. The molecule has 1 heterocycles. The number of nitrogens with zero attached hydrogens (tertiary/aromatic N) is 1. The quantitative estimate of drug-likeness (QED) is 0.826. The first kappa shape index (κ1) is 12.4. The van der Waals surface area contributed by atoms with Gasteiger partial charge in [-0.1, -0.05) is 30.4 Å². The van der Waals surface area contributed by atoms with E-state index in [1.165, 1.54) is 6.07 Å². The van der Waals surface area contributed by atoms with Gasteiger partial charge in [0.1, 0.15) is 16.9 Å². The summed E-state index contributed by atoms with van der Waals surface area (Å²) in [6, 6.07) is 6.79. The molecule has 1 aliphatic rings. The van der Waals surface area contributed by atoms with Crippen LogP contribution in [0.4, 0.5) is 4.39 Å². The van der Waals surface area contributed by atoms with Gasteiger partial charge in [-0.3, -0.25) is 4.90 Å². The third-order valence-electron chi connectivity index (χ3n) is 2.82. The molecule has 2 N–H and O–H groups in total. The average molecular weight is 254 g/mol. The molecule has 3 nitrogen and oxygen atoms in total. The summed E-state index contributed by atoms with van der Waals surface area (Å²) in [4.78, 5) is 2.47. The molecule has 1 aromatic carbocycles. The van der Waals surface area contributed by atoms with E-state index >= 15 is 0 Å². The Kier molecular flexibility index (Phi) is 4.04. The summed E-state index contributed by atoms with van der Waals surface area (Å²) in [6.07, 6.45) is -0.217. The van der Waals surface area contributed by atoms with Gasteiger partial charge in [0.25, 0.3) is 0 Å². The fraction of sp³-hybridized carbons (Fsp3) is 0.417. The Hall–Kier alpha value is -1.04. The van der Waals surface area contributed by atoms with Crippen molar-refractivity contribution in [3.8, 4) is 0 Å². The van der Waals surface area contributed by atoms with Crippen molar-refractivity contribution in [2.45, 2.75) is 12.6 Å². The molecular weight excluding hydrogens is 239 g/mol. The fourth-order valence-corrected chi connectivity index (χ4v) is 2.03. The maximum atomic E-state index is 13.5. The van der Waals surface area contributed by atoms with Crippen molar-refractivity contribution in [3.63, 3.8) is 0 Å². The van der Waals surface area contributed by atoms with Crippen LogP contribution in [0, 0.1) is 5.82 Å². The van der Waals surface area contributed by atoms with Gasteiger partial charge < -0.3 is 10.5 Å². The SMILES string of the molecule is NC(=S)C1CN(Cc2ccccc2F)CCO1. The van der Waals surface area contributed by atoms with Gasteiger partial charge in [-0.25, -0.2) is 4.39 Å². The van der Waals surface area contributed by atoms with Crippen LogP contribution in [0.3, 0.4) is 0 Å². The first-order chi connectivity index (χ1) is 8.16. The minimum atomic E-state index is -0.217. The summed E-state index contributed by atoms with van der Waals surface area (Å²) in [7, 11) is 0. The molecule has 1 aliphatic heterocycles. The van der Waals surface area contributed by atoms with Crippen molar-refractivity contribution in [1.82, 2.24) is 4.90 Å². The zero-order chi connectivity index (χ0) is 12.3. The highest BCUT2D eigenvalue weighted by Crippen LogP contribution is 2.13. The first-order valence-corrected chi connectivity index (χ1v) is 5.94. The van der Waals surface area contributed by atoms with Crippen LogP contribution in [0.1, 0.15) is 5.56 Å². The molecule has 0 aliphatic carbocycles. The van der Waals surface area contributed by atoms with E-state index in [0.29, 0.717) is 30.2 Å². The topological polar surface area (TPSA) is 38.5 Å². The van der Waals surface area contributed by atoms with Gasteiger partial charge in [0.15, 0.2) is 0 Å². The molecule has 0 spiro atoms. The lowest BCUT2D eigenvalue weighted by molar-refractivity contribution is 0.00354. The molecule has 0 bridgehead atoms. The minimum Gasteiger partial charge on any atom is -0.391 e. The van der Waals surface area contributed by atoms with Gasteiger partial charge in [-0.2, -0.15) is 0 Å². The van der Waals surface area contributed by atoms with Crippen molar-refractivity contribution in [2.75, 3.05) is 19.7 Å². The fourth-order valence-electron chi connectivity index (χ4n) is 1.89. The summed E-state index contributed by atoms with van der Waals surface area (Å²) >= 11 is 4.91. The van der Waals surface area contributed by atoms with Crippen LogP contribution in [-0.4, -0.2) is 35.7 Å². The molecule has 0 aromatic heterocycles. The van der Waals surface area contributed by atoms with E-state index in [2.05, 4.69) is 4.90 Å². The summed E-state index contributed by atoms with van der Waals surface area (Å²) in [5.41, 5.74) is 6.25. The number of hydrogen-bond acceptors (Lipinski definition) is 3. The van der Waals surface area contributed by atoms with Crippen molar-refractivity contribution in [2.24, 2.45) is 5.73 Å². The monoisotopic (exact) mass is 254 g/mol. The lowest BCUT2D eigenvalue weighted by Gasteiger charge is -2.32. The number of thiocarbonyl (C=S) groups is 1. The number of morpholine rings is 1. The van der Waals surface area contributed by atoms with Crippen molar-refractivity contribution in [3.05, 3.63) is 35.6 Å². The van der Waals surface area contributed by atoms with Crippen LogP contribution in [0.5, 0.6) is 0 Å². The lowest BCUT2D eigenvalue weighted by Crippen LogP contribution is -2.47. The number of ether oxygens (including phenoxy) is 1. The standard InChI is InChI=1S/C12H15FN2OS/c13-10-4-2-1-3-9(10)7-15-5-6-16-11(8-15)12(14)17/h1-4,11H,5-8H2,(H2,14,17). The summed E-state index contributed by atoms with van der Waals surface area (Å²) in [5, 5.41) is 0. The van der Waals surface area contributed by atoms with E-state index in [1.54, 1.807) is 12.1 Å². The third-order valence-corrected chi connectivity index (χ3v) is 3.08. The molecule has 1 fully saturated rings. The highest BCUT2D eigenvalue weighted by Gasteiger charge is 2.22. The van der Waals surface area contributed by atoms with Crippen LogP contribution in [0.15, 0.2) is 24.3 Å². The first-order valence-electron chi connectivity index (χ1n) is 5.53. The second-order valence-corrected chi connectivity index (χ2v) is 4.56. The zero-order valence-corrected chi connectivity index (χ0v) is 10.3. The molecule has 0 saturated carbocycles.